The topological polar surface area (TPSA) is 78.9 Å². The Kier molecular flexibility index (Phi) is 7.71. The van der Waals surface area contributed by atoms with Gasteiger partial charge >= 0.3 is 5.97 Å². The third kappa shape index (κ3) is 8.53. The van der Waals surface area contributed by atoms with E-state index in [1.807, 2.05) is 24.3 Å². The number of methoxy groups -OCH3 is 1. The highest BCUT2D eigenvalue weighted by Gasteiger charge is 2.19. The minimum atomic E-state index is -1.04. The SMILES string of the molecule is COc1ccc(CCN(CC(=O)NCC(=O)O)CC(C)(C)C)cc1. The number of benzene rings is 1. The first-order chi connectivity index (χ1) is 11.2. The molecule has 1 rings (SSSR count). The zero-order valence-corrected chi connectivity index (χ0v) is 15.0. The number of nitrogens with zero attached hydrogens (tertiary/aromatic N) is 1. The molecule has 1 amide bonds. The number of carbonyl (C=O) groups is 2. The van der Waals surface area contributed by atoms with Gasteiger partial charge < -0.3 is 15.2 Å². The lowest BCUT2D eigenvalue weighted by atomic mass is 9.95. The summed E-state index contributed by atoms with van der Waals surface area (Å²) in [6.45, 7) is 7.67. The van der Waals surface area contributed by atoms with Gasteiger partial charge in [0.2, 0.25) is 5.91 Å². The number of hydrogen-bond acceptors (Lipinski definition) is 4. The van der Waals surface area contributed by atoms with E-state index in [4.69, 9.17) is 9.84 Å². The minimum Gasteiger partial charge on any atom is -0.497 e. The largest absolute Gasteiger partial charge is 0.497 e. The van der Waals surface area contributed by atoms with E-state index in [9.17, 15) is 9.59 Å². The Morgan fingerprint density at radius 1 is 1.21 bits per heavy atom. The van der Waals surface area contributed by atoms with Gasteiger partial charge in [0.05, 0.1) is 13.7 Å². The molecule has 6 heteroatoms. The number of hydrogen-bond donors (Lipinski definition) is 2. The van der Waals surface area contributed by atoms with Crippen LogP contribution in [0, 0.1) is 5.41 Å². The van der Waals surface area contributed by atoms with Crippen LogP contribution in [-0.2, 0) is 16.0 Å². The zero-order valence-electron chi connectivity index (χ0n) is 15.0. The van der Waals surface area contributed by atoms with Crippen LogP contribution >= 0.6 is 0 Å². The molecule has 0 heterocycles. The van der Waals surface area contributed by atoms with Crippen LogP contribution in [0.5, 0.6) is 5.75 Å². The van der Waals surface area contributed by atoms with Crippen molar-refractivity contribution in [1.29, 1.82) is 0 Å². The Labute approximate surface area is 143 Å². The molecular formula is C18H28N2O4. The molecule has 0 saturated heterocycles. The van der Waals surface area contributed by atoms with Crippen molar-refractivity contribution >= 4 is 11.9 Å². The van der Waals surface area contributed by atoms with E-state index in [1.165, 1.54) is 5.56 Å². The number of ether oxygens (including phenoxy) is 1. The van der Waals surface area contributed by atoms with Gasteiger partial charge in [0, 0.05) is 13.1 Å². The molecule has 0 aliphatic rings. The van der Waals surface area contributed by atoms with Crippen molar-refractivity contribution in [2.24, 2.45) is 5.41 Å². The molecule has 0 unspecified atom stereocenters. The normalized spacial score (nSPS) is 11.4. The molecule has 0 saturated carbocycles. The van der Waals surface area contributed by atoms with Gasteiger partial charge in [0.25, 0.3) is 0 Å². The number of rotatable bonds is 9. The van der Waals surface area contributed by atoms with Crippen LogP contribution in [0.4, 0.5) is 0 Å². The van der Waals surface area contributed by atoms with Gasteiger partial charge in [0.1, 0.15) is 12.3 Å². The lowest BCUT2D eigenvalue weighted by Gasteiger charge is -2.29. The van der Waals surface area contributed by atoms with Crippen LogP contribution in [0.3, 0.4) is 0 Å². The molecule has 6 nitrogen and oxygen atoms in total. The number of carbonyl (C=O) groups excluding carboxylic acids is 1. The fourth-order valence-electron chi connectivity index (χ4n) is 2.40. The van der Waals surface area contributed by atoms with Crippen LogP contribution in [0.25, 0.3) is 0 Å². The van der Waals surface area contributed by atoms with Crippen molar-refractivity contribution in [3.63, 3.8) is 0 Å². The Morgan fingerprint density at radius 3 is 2.33 bits per heavy atom. The van der Waals surface area contributed by atoms with Crippen LogP contribution in [0.2, 0.25) is 0 Å². The average Bonchev–Trinajstić information content (AvgIpc) is 2.49. The summed E-state index contributed by atoms with van der Waals surface area (Å²) < 4.78 is 5.15. The van der Waals surface area contributed by atoms with Gasteiger partial charge in [-0.05, 0) is 29.5 Å². The standard InChI is InChI=1S/C18H28N2O4/c1-18(2,3)13-20(12-16(21)19-11-17(22)23)10-9-14-5-7-15(24-4)8-6-14/h5-8H,9-13H2,1-4H3,(H,19,21)(H,22,23). The zero-order chi connectivity index (χ0) is 18.2. The molecule has 0 spiro atoms. The molecule has 1 aromatic rings. The third-order valence-corrected chi connectivity index (χ3v) is 3.38. The highest BCUT2D eigenvalue weighted by molar-refractivity contribution is 5.82. The Bertz CT molecular complexity index is 535. The van der Waals surface area contributed by atoms with Gasteiger partial charge in [0.15, 0.2) is 0 Å². The fraction of sp³-hybridized carbons (Fsp3) is 0.556. The summed E-state index contributed by atoms with van der Waals surface area (Å²) in [4.78, 5) is 24.5. The lowest BCUT2D eigenvalue weighted by molar-refractivity contribution is -0.138. The van der Waals surface area contributed by atoms with Gasteiger partial charge in [-0.3, -0.25) is 14.5 Å². The smallest absolute Gasteiger partial charge is 0.322 e. The maximum atomic E-state index is 11.9. The molecule has 0 aliphatic heterocycles. The van der Waals surface area contributed by atoms with E-state index >= 15 is 0 Å². The van der Waals surface area contributed by atoms with Gasteiger partial charge in [-0.1, -0.05) is 32.9 Å². The molecular weight excluding hydrogens is 308 g/mol. The summed E-state index contributed by atoms with van der Waals surface area (Å²) in [7, 11) is 1.63. The van der Waals surface area contributed by atoms with Crippen LogP contribution in [-0.4, -0.2) is 55.2 Å². The van der Waals surface area contributed by atoms with Gasteiger partial charge in [-0.25, -0.2) is 0 Å². The highest BCUT2D eigenvalue weighted by Crippen LogP contribution is 2.16. The molecule has 0 aliphatic carbocycles. The van der Waals surface area contributed by atoms with Crippen LogP contribution in [0.15, 0.2) is 24.3 Å². The van der Waals surface area contributed by atoms with Gasteiger partial charge in [-0.15, -0.1) is 0 Å². The lowest BCUT2D eigenvalue weighted by Crippen LogP contribution is -2.43. The van der Waals surface area contributed by atoms with Crippen molar-refractivity contribution in [2.75, 3.05) is 33.3 Å². The van der Waals surface area contributed by atoms with E-state index in [0.717, 1.165) is 25.3 Å². The van der Waals surface area contributed by atoms with E-state index in [0.29, 0.717) is 0 Å². The first-order valence-corrected chi connectivity index (χ1v) is 8.03. The third-order valence-electron chi connectivity index (χ3n) is 3.38. The first-order valence-electron chi connectivity index (χ1n) is 8.03. The molecule has 1 aromatic carbocycles. The second kappa shape index (κ2) is 9.27. The molecule has 24 heavy (non-hydrogen) atoms. The molecule has 0 aromatic heterocycles. The Balaban J connectivity index is 2.60. The summed E-state index contributed by atoms with van der Waals surface area (Å²) in [5, 5.41) is 11.1. The number of aliphatic carboxylic acids is 1. The summed E-state index contributed by atoms with van der Waals surface area (Å²) in [5.41, 5.74) is 1.22. The summed E-state index contributed by atoms with van der Waals surface area (Å²) in [6, 6.07) is 7.86. The number of amides is 1. The molecule has 0 bridgehead atoms. The maximum absolute atomic E-state index is 11.9. The summed E-state index contributed by atoms with van der Waals surface area (Å²) in [6.07, 6.45) is 0.812. The summed E-state index contributed by atoms with van der Waals surface area (Å²) in [5.74, 6) is -0.487. The van der Waals surface area contributed by atoms with E-state index in [1.54, 1.807) is 7.11 Å². The molecule has 0 fully saturated rings. The molecule has 0 radical (unpaired) electrons. The first kappa shape index (κ1) is 20.0. The monoisotopic (exact) mass is 336 g/mol. The van der Waals surface area contributed by atoms with E-state index < -0.39 is 5.97 Å². The average molecular weight is 336 g/mol. The maximum Gasteiger partial charge on any atom is 0.322 e. The van der Waals surface area contributed by atoms with Crippen molar-refractivity contribution in [1.82, 2.24) is 10.2 Å². The number of nitrogens with one attached hydrogen (secondary N) is 1. The predicted octanol–water partition coefficient (Wildman–Crippen LogP) is 1.79. The fourth-order valence-corrected chi connectivity index (χ4v) is 2.40. The Morgan fingerprint density at radius 2 is 1.83 bits per heavy atom. The number of carboxylic acid groups (broad SMARTS) is 1. The van der Waals surface area contributed by atoms with Crippen molar-refractivity contribution in [3.8, 4) is 5.75 Å². The van der Waals surface area contributed by atoms with Crippen molar-refractivity contribution in [2.45, 2.75) is 27.2 Å². The number of carboxylic acids is 1. The predicted molar refractivity (Wildman–Crippen MR) is 93.2 cm³/mol. The second-order valence-electron chi connectivity index (χ2n) is 7.04. The molecule has 2 N–H and O–H groups in total. The van der Waals surface area contributed by atoms with E-state index in [2.05, 4.69) is 31.0 Å². The van der Waals surface area contributed by atoms with E-state index in [-0.39, 0.29) is 24.4 Å². The quantitative estimate of drug-likeness (QED) is 0.719. The molecule has 0 atom stereocenters. The minimum absolute atomic E-state index is 0.0486. The van der Waals surface area contributed by atoms with Crippen LogP contribution in [0.1, 0.15) is 26.3 Å². The molecule has 134 valence electrons. The summed E-state index contributed by atoms with van der Waals surface area (Å²) >= 11 is 0. The second-order valence-corrected chi connectivity index (χ2v) is 7.04. The van der Waals surface area contributed by atoms with Crippen LogP contribution < -0.4 is 10.1 Å². The highest BCUT2D eigenvalue weighted by atomic mass is 16.5. The van der Waals surface area contributed by atoms with Gasteiger partial charge in [-0.2, -0.15) is 0 Å². The van der Waals surface area contributed by atoms with Crippen molar-refractivity contribution < 1.29 is 19.4 Å². The Hall–Kier alpha value is -2.08. The van der Waals surface area contributed by atoms with Crippen molar-refractivity contribution in [3.05, 3.63) is 29.8 Å².